The van der Waals surface area contributed by atoms with Gasteiger partial charge >= 0.3 is 6.18 Å². The molecule has 0 aliphatic carbocycles. The predicted molar refractivity (Wildman–Crippen MR) is 54.9 cm³/mol. The van der Waals surface area contributed by atoms with Gasteiger partial charge in [-0.05, 0) is 17.7 Å². The van der Waals surface area contributed by atoms with Crippen LogP contribution in [0.1, 0.15) is 15.9 Å². The third-order valence-corrected chi connectivity index (χ3v) is 2.13. The Morgan fingerprint density at radius 2 is 1.94 bits per heavy atom. The van der Waals surface area contributed by atoms with E-state index in [1.165, 1.54) is 7.05 Å². The fourth-order valence-corrected chi connectivity index (χ4v) is 1.19. The Bertz CT molecular complexity index is 465. The van der Waals surface area contributed by atoms with Gasteiger partial charge in [-0.2, -0.15) is 13.2 Å². The van der Waals surface area contributed by atoms with E-state index >= 15 is 0 Å². The van der Waals surface area contributed by atoms with Gasteiger partial charge in [-0.25, -0.2) is 4.39 Å². The molecule has 0 radical (unpaired) electrons. The maximum Gasteiger partial charge on any atom is 0.416 e. The van der Waals surface area contributed by atoms with Gasteiger partial charge < -0.3 is 5.32 Å². The second-order valence-corrected chi connectivity index (χ2v) is 3.25. The average Bonchev–Trinajstić information content (AvgIpc) is 2.26. The number of alkyl halides is 3. The number of allylic oxidation sites excluding steroid dienone is 1. The van der Waals surface area contributed by atoms with E-state index in [0.717, 1.165) is 18.2 Å². The first-order valence-electron chi connectivity index (χ1n) is 4.55. The first-order chi connectivity index (χ1) is 7.77. The van der Waals surface area contributed by atoms with E-state index in [1.807, 2.05) is 0 Å². The maximum atomic E-state index is 13.2. The molecule has 0 aliphatic heterocycles. The molecule has 92 valence electrons. The molecule has 2 nitrogen and oxygen atoms in total. The van der Waals surface area contributed by atoms with Crippen LogP contribution in [0.2, 0.25) is 0 Å². The Balaban J connectivity index is 3.22. The van der Waals surface area contributed by atoms with Crippen molar-refractivity contribution in [2.75, 3.05) is 7.05 Å². The molecule has 1 N–H and O–H groups in total. The molecule has 1 aromatic rings. The van der Waals surface area contributed by atoms with Gasteiger partial charge in [0.25, 0.3) is 5.91 Å². The highest BCUT2D eigenvalue weighted by Crippen LogP contribution is 2.32. The fraction of sp³-hybridized carbons (Fsp3) is 0.182. The summed E-state index contributed by atoms with van der Waals surface area (Å²) >= 11 is 0. The van der Waals surface area contributed by atoms with Crippen molar-refractivity contribution < 1.29 is 22.4 Å². The van der Waals surface area contributed by atoms with Crippen LogP contribution in [0.5, 0.6) is 0 Å². The minimum atomic E-state index is -4.61. The van der Waals surface area contributed by atoms with E-state index in [-0.39, 0.29) is 5.56 Å². The van der Waals surface area contributed by atoms with Gasteiger partial charge in [-0.1, -0.05) is 12.6 Å². The number of rotatable bonds is 2. The van der Waals surface area contributed by atoms with Crippen molar-refractivity contribution in [1.29, 1.82) is 0 Å². The quantitative estimate of drug-likeness (QED) is 0.800. The number of hydrogen-bond donors (Lipinski definition) is 1. The van der Waals surface area contributed by atoms with Crippen LogP contribution in [-0.2, 0) is 0 Å². The number of carbonyl (C=O) groups excluding carboxylic acids is 1. The highest BCUT2D eigenvalue weighted by atomic mass is 19.4. The van der Waals surface area contributed by atoms with Gasteiger partial charge in [0.1, 0.15) is 5.82 Å². The molecule has 0 heterocycles. The van der Waals surface area contributed by atoms with Gasteiger partial charge in [0.2, 0.25) is 0 Å². The summed E-state index contributed by atoms with van der Waals surface area (Å²) in [5.74, 6) is -1.68. The molecule has 0 fully saturated rings. The molecule has 1 rings (SSSR count). The number of halogens is 4. The molecule has 0 bridgehead atoms. The first kappa shape index (κ1) is 13.2. The molecule has 0 unspecified atom stereocenters. The summed E-state index contributed by atoms with van der Waals surface area (Å²) in [6, 6.07) is 2.55. The molecular weight excluding hydrogens is 238 g/mol. The van der Waals surface area contributed by atoms with Gasteiger partial charge in [-0.3, -0.25) is 4.79 Å². The largest absolute Gasteiger partial charge is 0.416 e. The molecule has 17 heavy (non-hydrogen) atoms. The van der Waals surface area contributed by atoms with Crippen molar-refractivity contribution in [3.05, 3.63) is 41.7 Å². The number of amides is 1. The van der Waals surface area contributed by atoms with Crippen molar-refractivity contribution in [3.63, 3.8) is 0 Å². The SMILES string of the molecule is C=C(c1ccc(F)c(C(=O)NC)c1)C(F)(F)F. The molecule has 0 spiro atoms. The lowest BCUT2D eigenvalue weighted by Gasteiger charge is -2.11. The molecule has 1 amide bonds. The lowest BCUT2D eigenvalue weighted by molar-refractivity contribution is -0.0686. The fourth-order valence-electron chi connectivity index (χ4n) is 1.19. The second kappa shape index (κ2) is 4.57. The zero-order chi connectivity index (χ0) is 13.2. The Morgan fingerprint density at radius 1 is 1.35 bits per heavy atom. The topological polar surface area (TPSA) is 29.1 Å². The summed E-state index contributed by atoms with van der Waals surface area (Å²) in [5.41, 5.74) is -1.91. The normalized spacial score (nSPS) is 11.1. The van der Waals surface area contributed by atoms with Crippen LogP contribution in [0.15, 0.2) is 24.8 Å². The molecule has 0 saturated carbocycles. The van der Waals surface area contributed by atoms with Crippen molar-refractivity contribution in [2.45, 2.75) is 6.18 Å². The van der Waals surface area contributed by atoms with Crippen LogP contribution in [0.25, 0.3) is 5.57 Å². The van der Waals surface area contributed by atoms with Crippen LogP contribution in [-0.4, -0.2) is 19.1 Å². The predicted octanol–water partition coefficient (Wildman–Crippen LogP) is 2.76. The Morgan fingerprint density at radius 3 is 2.41 bits per heavy atom. The van der Waals surface area contributed by atoms with E-state index in [4.69, 9.17) is 0 Å². The van der Waals surface area contributed by atoms with Gasteiger partial charge in [0, 0.05) is 7.05 Å². The minimum absolute atomic E-state index is 0.336. The molecule has 6 heteroatoms. The Kier molecular flexibility index (Phi) is 3.55. The van der Waals surface area contributed by atoms with Crippen molar-refractivity contribution >= 4 is 11.5 Å². The van der Waals surface area contributed by atoms with Crippen LogP contribution >= 0.6 is 0 Å². The molecule has 0 atom stereocenters. The molecular formula is C11H9F4NO. The summed E-state index contributed by atoms with van der Waals surface area (Å²) in [6.45, 7) is 2.87. The maximum absolute atomic E-state index is 13.2. The molecule has 0 aromatic heterocycles. The summed E-state index contributed by atoms with van der Waals surface area (Å²) in [4.78, 5) is 11.2. The zero-order valence-electron chi connectivity index (χ0n) is 8.86. The van der Waals surface area contributed by atoms with E-state index in [0.29, 0.717) is 0 Å². The van der Waals surface area contributed by atoms with Crippen LogP contribution < -0.4 is 5.32 Å². The number of benzene rings is 1. The minimum Gasteiger partial charge on any atom is -0.355 e. The second-order valence-electron chi connectivity index (χ2n) is 3.25. The van der Waals surface area contributed by atoms with Gasteiger partial charge in [-0.15, -0.1) is 0 Å². The van der Waals surface area contributed by atoms with Crippen molar-refractivity contribution in [3.8, 4) is 0 Å². The standard InChI is InChI=1S/C11H9F4NO/c1-6(11(13,14)15)7-3-4-9(12)8(5-7)10(17)16-2/h3-5H,1H2,2H3,(H,16,17). The molecule has 0 aliphatic rings. The third kappa shape index (κ3) is 2.83. The van der Waals surface area contributed by atoms with Crippen molar-refractivity contribution in [1.82, 2.24) is 5.32 Å². The van der Waals surface area contributed by atoms with Gasteiger partial charge in [0.15, 0.2) is 0 Å². The molecule has 0 saturated heterocycles. The van der Waals surface area contributed by atoms with Crippen molar-refractivity contribution in [2.24, 2.45) is 0 Å². The van der Waals surface area contributed by atoms with E-state index in [2.05, 4.69) is 11.9 Å². The lowest BCUT2D eigenvalue weighted by atomic mass is 10.0. The average molecular weight is 247 g/mol. The number of nitrogens with one attached hydrogen (secondary N) is 1. The number of hydrogen-bond acceptors (Lipinski definition) is 1. The van der Waals surface area contributed by atoms with Crippen LogP contribution in [0.3, 0.4) is 0 Å². The van der Waals surface area contributed by atoms with E-state index in [1.54, 1.807) is 0 Å². The summed E-state index contributed by atoms with van der Waals surface area (Å²) in [5, 5.41) is 2.14. The van der Waals surface area contributed by atoms with E-state index < -0.39 is 29.0 Å². The van der Waals surface area contributed by atoms with Crippen LogP contribution in [0.4, 0.5) is 17.6 Å². The zero-order valence-corrected chi connectivity index (χ0v) is 8.86. The smallest absolute Gasteiger partial charge is 0.355 e. The Hall–Kier alpha value is -1.85. The highest BCUT2D eigenvalue weighted by molar-refractivity contribution is 5.95. The Labute approximate surface area is 94.9 Å². The summed E-state index contributed by atoms with van der Waals surface area (Å²) in [6.07, 6.45) is -4.61. The highest BCUT2D eigenvalue weighted by Gasteiger charge is 2.33. The monoisotopic (exact) mass is 247 g/mol. The van der Waals surface area contributed by atoms with E-state index in [9.17, 15) is 22.4 Å². The third-order valence-electron chi connectivity index (χ3n) is 2.13. The molecule has 1 aromatic carbocycles. The number of carbonyl (C=O) groups is 1. The summed E-state index contributed by atoms with van der Waals surface area (Å²) < 4.78 is 50.3. The lowest BCUT2D eigenvalue weighted by Crippen LogP contribution is -2.20. The van der Waals surface area contributed by atoms with Gasteiger partial charge in [0.05, 0.1) is 11.1 Å². The first-order valence-corrected chi connectivity index (χ1v) is 4.55. The van der Waals surface area contributed by atoms with Crippen LogP contribution in [0, 0.1) is 5.82 Å². The summed E-state index contributed by atoms with van der Waals surface area (Å²) in [7, 11) is 1.26.